The SMILES string of the molecule is COC1CCCC(OC(CN)c2cccc(Cl)c2)C1. The topological polar surface area (TPSA) is 44.5 Å². The van der Waals surface area contributed by atoms with Crippen molar-refractivity contribution in [1.82, 2.24) is 0 Å². The lowest BCUT2D eigenvalue weighted by molar-refractivity contribution is -0.0632. The van der Waals surface area contributed by atoms with E-state index < -0.39 is 0 Å². The molecule has 2 rings (SSSR count). The van der Waals surface area contributed by atoms with E-state index in [0.29, 0.717) is 12.6 Å². The predicted octanol–water partition coefficient (Wildman–Crippen LogP) is 3.31. The average Bonchev–Trinajstić information content (AvgIpc) is 2.45. The molecule has 1 aromatic rings. The second kappa shape index (κ2) is 7.25. The summed E-state index contributed by atoms with van der Waals surface area (Å²) in [4.78, 5) is 0. The Balaban J connectivity index is 1.99. The standard InChI is InChI=1S/C15H22ClNO2/c1-18-13-6-3-7-14(9-13)19-15(10-17)11-4-2-5-12(16)8-11/h2,4-5,8,13-15H,3,6-7,9-10,17H2,1H3. The first-order chi connectivity index (χ1) is 9.22. The minimum Gasteiger partial charge on any atom is -0.381 e. The summed E-state index contributed by atoms with van der Waals surface area (Å²) in [6.45, 7) is 0.467. The average molecular weight is 284 g/mol. The fourth-order valence-corrected chi connectivity index (χ4v) is 2.85. The van der Waals surface area contributed by atoms with Crippen molar-refractivity contribution in [3.05, 3.63) is 34.9 Å². The van der Waals surface area contributed by atoms with Crippen molar-refractivity contribution in [2.75, 3.05) is 13.7 Å². The second-order valence-corrected chi connectivity index (χ2v) is 5.50. The van der Waals surface area contributed by atoms with Gasteiger partial charge in [0.1, 0.15) is 0 Å². The highest BCUT2D eigenvalue weighted by Gasteiger charge is 2.25. The van der Waals surface area contributed by atoms with Crippen molar-refractivity contribution >= 4 is 11.6 Å². The molecule has 1 aromatic carbocycles. The fourth-order valence-electron chi connectivity index (χ4n) is 2.65. The first kappa shape index (κ1) is 14.8. The molecule has 0 spiro atoms. The van der Waals surface area contributed by atoms with Crippen LogP contribution in [0.15, 0.2) is 24.3 Å². The molecule has 1 aliphatic rings. The molecule has 0 saturated heterocycles. The van der Waals surface area contributed by atoms with Crippen LogP contribution < -0.4 is 5.73 Å². The summed E-state index contributed by atoms with van der Waals surface area (Å²) in [5, 5.41) is 0.720. The van der Waals surface area contributed by atoms with Crippen molar-refractivity contribution in [1.29, 1.82) is 0 Å². The summed E-state index contributed by atoms with van der Waals surface area (Å²) in [6, 6.07) is 7.73. The molecule has 2 N–H and O–H groups in total. The van der Waals surface area contributed by atoms with E-state index >= 15 is 0 Å². The second-order valence-electron chi connectivity index (χ2n) is 5.06. The zero-order chi connectivity index (χ0) is 13.7. The van der Waals surface area contributed by atoms with Crippen LogP contribution in [0.3, 0.4) is 0 Å². The Kier molecular flexibility index (Phi) is 5.64. The van der Waals surface area contributed by atoms with Crippen LogP contribution in [0.25, 0.3) is 0 Å². The quantitative estimate of drug-likeness (QED) is 0.902. The van der Waals surface area contributed by atoms with Crippen molar-refractivity contribution in [2.24, 2.45) is 5.73 Å². The van der Waals surface area contributed by atoms with E-state index in [2.05, 4.69) is 0 Å². The molecule has 3 unspecified atom stereocenters. The lowest BCUT2D eigenvalue weighted by atomic mass is 9.94. The molecule has 1 aliphatic carbocycles. The van der Waals surface area contributed by atoms with Crippen molar-refractivity contribution < 1.29 is 9.47 Å². The van der Waals surface area contributed by atoms with E-state index in [4.69, 9.17) is 26.8 Å². The maximum absolute atomic E-state index is 6.15. The number of hydrogen-bond donors (Lipinski definition) is 1. The van der Waals surface area contributed by atoms with Gasteiger partial charge in [-0.2, -0.15) is 0 Å². The maximum atomic E-state index is 6.15. The van der Waals surface area contributed by atoms with E-state index in [1.807, 2.05) is 24.3 Å². The van der Waals surface area contributed by atoms with Gasteiger partial charge in [0.2, 0.25) is 0 Å². The first-order valence-electron chi connectivity index (χ1n) is 6.86. The molecule has 4 heteroatoms. The molecule has 0 radical (unpaired) electrons. The number of nitrogens with two attached hydrogens (primary N) is 1. The Morgan fingerprint density at radius 1 is 1.37 bits per heavy atom. The third kappa shape index (κ3) is 4.18. The van der Waals surface area contributed by atoms with Crippen molar-refractivity contribution in [2.45, 2.75) is 44.0 Å². The lowest BCUT2D eigenvalue weighted by Crippen LogP contribution is -2.30. The van der Waals surface area contributed by atoms with Gasteiger partial charge >= 0.3 is 0 Å². The number of rotatable bonds is 5. The molecule has 106 valence electrons. The Morgan fingerprint density at radius 3 is 2.84 bits per heavy atom. The summed E-state index contributed by atoms with van der Waals surface area (Å²) >= 11 is 6.02. The third-order valence-electron chi connectivity index (χ3n) is 3.70. The Bertz CT molecular complexity index is 399. The van der Waals surface area contributed by atoms with Gasteiger partial charge in [-0.05, 0) is 43.4 Å². The van der Waals surface area contributed by atoms with Crippen LogP contribution in [-0.2, 0) is 9.47 Å². The van der Waals surface area contributed by atoms with Crippen LogP contribution in [0.4, 0.5) is 0 Å². The Hall–Kier alpha value is -0.610. The van der Waals surface area contributed by atoms with E-state index in [-0.39, 0.29) is 12.2 Å². The van der Waals surface area contributed by atoms with Gasteiger partial charge in [-0.25, -0.2) is 0 Å². The number of hydrogen-bond acceptors (Lipinski definition) is 3. The summed E-state index contributed by atoms with van der Waals surface area (Å²) in [7, 11) is 1.77. The molecule has 0 heterocycles. The van der Waals surface area contributed by atoms with E-state index in [1.54, 1.807) is 7.11 Å². The van der Waals surface area contributed by atoms with Gasteiger partial charge in [0, 0.05) is 18.7 Å². The van der Waals surface area contributed by atoms with E-state index in [1.165, 1.54) is 0 Å². The zero-order valence-electron chi connectivity index (χ0n) is 11.3. The summed E-state index contributed by atoms with van der Waals surface area (Å²) in [6.07, 6.45) is 4.77. The molecule has 1 saturated carbocycles. The normalized spacial score (nSPS) is 25.2. The highest BCUT2D eigenvalue weighted by atomic mass is 35.5. The van der Waals surface area contributed by atoms with Crippen LogP contribution in [0, 0.1) is 0 Å². The molecule has 19 heavy (non-hydrogen) atoms. The largest absolute Gasteiger partial charge is 0.381 e. The predicted molar refractivity (Wildman–Crippen MR) is 77.4 cm³/mol. The first-order valence-corrected chi connectivity index (χ1v) is 7.24. The Morgan fingerprint density at radius 2 is 2.16 bits per heavy atom. The lowest BCUT2D eigenvalue weighted by Gasteiger charge is -2.31. The maximum Gasteiger partial charge on any atom is 0.0951 e. The summed E-state index contributed by atoms with van der Waals surface area (Å²) in [5.74, 6) is 0. The van der Waals surface area contributed by atoms with Crippen LogP contribution >= 0.6 is 11.6 Å². The molecule has 3 atom stereocenters. The summed E-state index contributed by atoms with van der Waals surface area (Å²) in [5.41, 5.74) is 6.89. The van der Waals surface area contributed by atoms with Gasteiger partial charge in [-0.15, -0.1) is 0 Å². The molecule has 0 amide bonds. The minimum atomic E-state index is -0.0840. The van der Waals surface area contributed by atoms with Crippen LogP contribution in [0.2, 0.25) is 5.02 Å². The van der Waals surface area contributed by atoms with E-state index in [9.17, 15) is 0 Å². The highest BCUT2D eigenvalue weighted by molar-refractivity contribution is 6.30. The molecule has 0 bridgehead atoms. The van der Waals surface area contributed by atoms with Gasteiger partial charge in [0.05, 0.1) is 18.3 Å². The minimum absolute atomic E-state index is 0.0840. The van der Waals surface area contributed by atoms with Crippen LogP contribution in [0.1, 0.15) is 37.4 Å². The van der Waals surface area contributed by atoms with E-state index in [0.717, 1.165) is 36.3 Å². The molecule has 3 nitrogen and oxygen atoms in total. The number of ether oxygens (including phenoxy) is 2. The molecule has 1 fully saturated rings. The molecular weight excluding hydrogens is 262 g/mol. The number of halogens is 1. The smallest absolute Gasteiger partial charge is 0.0951 e. The van der Waals surface area contributed by atoms with Gasteiger partial charge < -0.3 is 15.2 Å². The monoisotopic (exact) mass is 283 g/mol. The number of methoxy groups -OCH3 is 1. The third-order valence-corrected chi connectivity index (χ3v) is 3.94. The van der Waals surface area contributed by atoms with Crippen LogP contribution in [-0.4, -0.2) is 25.9 Å². The number of benzene rings is 1. The molecule has 0 aliphatic heterocycles. The fraction of sp³-hybridized carbons (Fsp3) is 0.600. The molecular formula is C15H22ClNO2. The van der Waals surface area contributed by atoms with Crippen molar-refractivity contribution in [3.63, 3.8) is 0 Å². The van der Waals surface area contributed by atoms with Gasteiger partial charge in [0.25, 0.3) is 0 Å². The van der Waals surface area contributed by atoms with Gasteiger partial charge in [-0.1, -0.05) is 23.7 Å². The van der Waals surface area contributed by atoms with Crippen molar-refractivity contribution in [3.8, 4) is 0 Å². The van der Waals surface area contributed by atoms with Gasteiger partial charge in [-0.3, -0.25) is 0 Å². The zero-order valence-corrected chi connectivity index (χ0v) is 12.1. The Labute approximate surface area is 120 Å². The van der Waals surface area contributed by atoms with Crippen LogP contribution in [0.5, 0.6) is 0 Å². The van der Waals surface area contributed by atoms with Gasteiger partial charge in [0.15, 0.2) is 0 Å². The summed E-state index contributed by atoms with van der Waals surface area (Å²) < 4.78 is 11.6. The molecule has 0 aromatic heterocycles. The highest BCUT2D eigenvalue weighted by Crippen LogP contribution is 2.28.